The fourth-order valence-corrected chi connectivity index (χ4v) is 7.72. The van der Waals surface area contributed by atoms with Gasteiger partial charge in [-0.15, -0.1) is 0 Å². The molecule has 0 saturated carbocycles. The molecule has 8 heteroatoms. The van der Waals surface area contributed by atoms with E-state index in [-0.39, 0.29) is 11.1 Å². The van der Waals surface area contributed by atoms with E-state index in [1.54, 1.807) is 31.2 Å². The Kier molecular flexibility index (Phi) is 12.6. The van der Waals surface area contributed by atoms with Crippen molar-refractivity contribution in [3.8, 4) is 33.8 Å². The van der Waals surface area contributed by atoms with Crippen molar-refractivity contribution < 1.29 is 19.1 Å². The third kappa shape index (κ3) is 9.68. The van der Waals surface area contributed by atoms with Crippen molar-refractivity contribution in [3.05, 3.63) is 246 Å². The van der Waals surface area contributed by atoms with E-state index in [9.17, 15) is 9.59 Å². The summed E-state index contributed by atoms with van der Waals surface area (Å²) in [7, 11) is 0. The van der Waals surface area contributed by atoms with Crippen molar-refractivity contribution in [1.29, 1.82) is 0 Å². The predicted octanol–water partition coefficient (Wildman–Crippen LogP) is 13.7. The summed E-state index contributed by atoms with van der Waals surface area (Å²) in [6.07, 6.45) is 0. The van der Waals surface area contributed by atoms with Gasteiger partial charge in [0, 0.05) is 11.3 Å². The molecule has 0 bridgehead atoms. The lowest BCUT2D eigenvalue weighted by atomic mass is 9.99. The zero-order chi connectivity index (χ0) is 45.2. The summed E-state index contributed by atoms with van der Waals surface area (Å²) in [5.41, 5.74) is 9.67. The monoisotopic (exact) mass is 860 g/mol. The van der Waals surface area contributed by atoms with E-state index in [1.165, 1.54) is 0 Å². The highest BCUT2D eigenvalue weighted by Gasteiger charge is 2.27. The average Bonchev–Trinajstić information content (AvgIpc) is 3.36. The molecule has 0 fully saturated rings. The van der Waals surface area contributed by atoms with Crippen LogP contribution < -0.4 is 20.1 Å². The summed E-state index contributed by atoms with van der Waals surface area (Å²) in [6.45, 7) is 3.60. The minimum atomic E-state index is -0.614. The van der Waals surface area contributed by atoms with Gasteiger partial charge in [-0.2, -0.15) is 0 Å². The van der Waals surface area contributed by atoms with Gasteiger partial charge in [0.1, 0.15) is 22.6 Å². The number of aliphatic imine (C=N–C) groups is 2. The number of para-hydroxylation sites is 4. The first-order valence-corrected chi connectivity index (χ1v) is 21.6. The standard InChI is InChI=1S/C58H44N4O4/c1-39-53(57(63)65-47-35-31-43(32-36-47)41-19-7-3-8-20-41)55(45-23-11-5-12-24-45)61-51-29-17-18-30-52(51)62-56(46-25-13-6-14-26-46)54(40(2)60-50-28-16-15-27-49(50)59-39)58(64)66-48-37-33-44(34-38-48)42-21-9-4-10-22-42/h3-38,59,62H,1-2H3/b53-39+,56-54+,60-40?,61-55?. The molecule has 0 atom stereocenters. The first-order chi connectivity index (χ1) is 32.4. The molecule has 1 heterocycles. The second-order valence-corrected chi connectivity index (χ2v) is 15.5. The number of esters is 2. The number of rotatable bonds is 8. The van der Waals surface area contributed by atoms with E-state index in [1.807, 2.05) is 201 Å². The molecule has 2 N–H and O–H groups in total. The lowest BCUT2D eigenvalue weighted by Crippen LogP contribution is -2.23. The van der Waals surface area contributed by atoms with Crippen LogP contribution in [0.25, 0.3) is 28.0 Å². The van der Waals surface area contributed by atoms with E-state index < -0.39 is 11.9 Å². The van der Waals surface area contributed by atoms with E-state index in [0.29, 0.717) is 68.2 Å². The van der Waals surface area contributed by atoms with Gasteiger partial charge in [-0.05, 0) is 90.2 Å². The minimum absolute atomic E-state index is 0.206. The highest BCUT2D eigenvalue weighted by Crippen LogP contribution is 2.36. The fraction of sp³-hybridized carbons (Fsp3) is 0.0345. The Hall–Kier alpha value is -8.88. The molecule has 0 unspecified atom stereocenters. The summed E-state index contributed by atoms with van der Waals surface area (Å²) >= 11 is 0. The molecular formula is C58H44N4O4. The molecule has 0 amide bonds. The summed E-state index contributed by atoms with van der Waals surface area (Å²) < 4.78 is 12.4. The molecule has 8 nitrogen and oxygen atoms in total. The molecule has 0 aromatic heterocycles. The molecule has 320 valence electrons. The van der Waals surface area contributed by atoms with Crippen molar-refractivity contribution in [2.45, 2.75) is 13.8 Å². The first-order valence-electron chi connectivity index (χ1n) is 21.6. The van der Waals surface area contributed by atoms with Gasteiger partial charge in [-0.3, -0.25) is 4.99 Å². The molecule has 0 saturated heterocycles. The van der Waals surface area contributed by atoms with Crippen LogP contribution in [0.4, 0.5) is 22.7 Å². The maximum absolute atomic E-state index is 14.8. The van der Waals surface area contributed by atoms with Gasteiger partial charge in [0.05, 0.1) is 39.9 Å². The largest absolute Gasteiger partial charge is 0.423 e. The number of anilines is 2. The van der Waals surface area contributed by atoms with Crippen LogP contribution in [0.1, 0.15) is 25.0 Å². The van der Waals surface area contributed by atoms with Crippen LogP contribution in [-0.4, -0.2) is 23.4 Å². The number of hydrogen-bond acceptors (Lipinski definition) is 8. The summed E-state index contributed by atoms with van der Waals surface area (Å²) in [4.78, 5) is 40.1. The molecule has 0 spiro atoms. The van der Waals surface area contributed by atoms with E-state index in [2.05, 4.69) is 10.6 Å². The van der Waals surface area contributed by atoms with E-state index in [4.69, 9.17) is 19.5 Å². The minimum Gasteiger partial charge on any atom is -0.423 e. The van der Waals surface area contributed by atoms with Crippen LogP contribution in [0.5, 0.6) is 11.5 Å². The van der Waals surface area contributed by atoms with Gasteiger partial charge < -0.3 is 20.1 Å². The summed E-state index contributed by atoms with van der Waals surface area (Å²) in [5.74, 6) is -0.481. The topological polar surface area (TPSA) is 101 Å². The number of ether oxygens (including phenoxy) is 2. The Morgan fingerprint density at radius 1 is 0.379 bits per heavy atom. The molecule has 1 aliphatic heterocycles. The molecule has 0 radical (unpaired) electrons. The zero-order valence-corrected chi connectivity index (χ0v) is 36.3. The number of hydrogen-bond donors (Lipinski definition) is 2. The molecule has 66 heavy (non-hydrogen) atoms. The smallest absolute Gasteiger partial charge is 0.347 e. The van der Waals surface area contributed by atoms with Crippen molar-refractivity contribution in [2.75, 3.05) is 10.6 Å². The summed E-state index contributed by atoms with van der Waals surface area (Å²) in [5, 5.41) is 7.09. The Morgan fingerprint density at radius 2 is 0.758 bits per heavy atom. The highest BCUT2D eigenvalue weighted by atomic mass is 16.5. The third-order valence-corrected chi connectivity index (χ3v) is 11.0. The van der Waals surface area contributed by atoms with Crippen molar-refractivity contribution in [3.63, 3.8) is 0 Å². The normalized spacial score (nSPS) is 15.0. The molecule has 0 aliphatic carbocycles. The number of nitrogens with one attached hydrogen (secondary N) is 2. The predicted molar refractivity (Wildman–Crippen MR) is 267 cm³/mol. The quantitative estimate of drug-likeness (QED) is 0.117. The van der Waals surface area contributed by atoms with Gasteiger partial charge >= 0.3 is 11.9 Å². The van der Waals surface area contributed by atoms with E-state index in [0.717, 1.165) is 22.3 Å². The number of nitrogens with zero attached hydrogens (tertiary/aromatic N) is 2. The van der Waals surface area contributed by atoms with Gasteiger partial charge in [0.25, 0.3) is 0 Å². The van der Waals surface area contributed by atoms with Gasteiger partial charge in [0.15, 0.2) is 0 Å². The second-order valence-electron chi connectivity index (χ2n) is 15.5. The zero-order valence-electron chi connectivity index (χ0n) is 36.3. The number of benzene rings is 8. The van der Waals surface area contributed by atoms with Crippen LogP contribution in [-0.2, 0) is 9.59 Å². The number of allylic oxidation sites excluding steroid dienone is 1. The lowest BCUT2D eigenvalue weighted by Gasteiger charge is -2.21. The maximum Gasteiger partial charge on any atom is 0.347 e. The van der Waals surface area contributed by atoms with Gasteiger partial charge in [-0.25, -0.2) is 14.6 Å². The molecular weight excluding hydrogens is 817 g/mol. The van der Waals surface area contributed by atoms with Crippen LogP contribution in [0.2, 0.25) is 0 Å². The lowest BCUT2D eigenvalue weighted by molar-refractivity contribution is -0.130. The summed E-state index contributed by atoms with van der Waals surface area (Å²) in [6, 6.07) is 69.0. The highest BCUT2D eigenvalue weighted by molar-refractivity contribution is 6.29. The Labute approximate surface area is 384 Å². The van der Waals surface area contributed by atoms with Crippen molar-refractivity contribution >= 4 is 51.8 Å². The van der Waals surface area contributed by atoms with Gasteiger partial charge in [0.2, 0.25) is 0 Å². The van der Waals surface area contributed by atoms with Crippen LogP contribution in [0, 0.1) is 0 Å². The molecule has 8 aromatic carbocycles. The SMILES string of the molecule is CC1=Nc2ccccc2N/C(C)=C(/C(=O)Oc2ccc(-c3ccccc3)cc2)C(c2ccccc2)=Nc2ccccc2N/C(c2ccccc2)=C\1C(=O)Oc1ccc(-c2ccccc2)cc1. The number of fused-ring (bicyclic) bond motifs is 2. The Morgan fingerprint density at radius 3 is 1.26 bits per heavy atom. The molecule has 9 rings (SSSR count). The van der Waals surface area contributed by atoms with Crippen molar-refractivity contribution in [2.24, 2.45) is 9.98 Å². The molecule has 1 aliphatic rings. The van der Waals surface area contributed by atoms with Gasteiger partial charge in [-0.1, -0.05) is 170 Å². The Balaban J connectivity index is 1.20. The number of carbonyl (C=O) groups excluding carboxylic acids is 2. The van der Waals surface area contributed by atoms with Crippen LogP contribution in [0.3, 0.4) is 0 Å². The fourth-order valence-electron chi connectivity index (χ4n) is 7.72. The first kappa shape index (κ1) is 42.4. The number of carbonyl (C=O) groups is 2. The third-order valence-electron chi connectivity index (χ3n) is 11.0. The average molecular weight is 861 g/mol. The van der Waals surface area contributed by atoms with Crippen molar-refractivity contribution in [1.82, 2.24) is 0 Å². The Bertz CT molecular complexity index is 3140. The van der Waals surface area contributed by atoms with Crippen LogP contribution in [0.15, 0.2) is 245 Å². The maximum atomic E-state index is 14.8. The second kappa shape index (κ2) is 19.7. The van der Waals surface area contributed by atoms with E-state index >= 15 is 0 Å². The molecule has 8 aromatic rings. The van der Waals surface area contributed by atoms with Crippen LogP contribution >= 0.6 is 0 Å².